The summed E-state index contributed by atoms with van der Waals surface area (Å²) in [4.78, 5) is 36.5. The number of hydrogen-bond donors (Lipinski definition) is 0. The molecule has 9 heteroatoms. The molecule has 138 valence electrons. The van der Waals surface area contributed by atoms with E-state index in [1.165, 1.54) is 24.3 Å². The van der Waals surface area contributed by atoms with Gasteiger partial charge in [0.15, 0.2) is 0 Å². The number of hydrogen-bond acceptors (Lipinski definition) is 5. The number of carbonyl (C=O) groups is 2. The zero-order chi connectivity index (χ0) is 19.7. The average molecular weight is 390 g/mol. The van der Waals surface area contributed by atoms with Gasteiger partial charge >= 0.3 is 0 Å². The van der Waals surface area contributed by atoms with Crippen molar-refractivity contribution >= 4 is 40.5 Å². The topological polar surface area (TPSA) is 80.5 Å². The van der Waals surface area contributed by atoms with Crippen LogP contribution >= 0.6 is 11.8 Å². The number of halogens is 2. The quantitative estimate of drug-likeness (QED) is 0.439. The number of nitro groups is 1. The lowest BCUT2D eigenvalue weighted by molar-refractivity contribution is -0.384. The third kappa shape index (κ3) is 3.33. The minimum absolute atomic E-state index is 0.00501. The fourth-order valence-corrected chi connectivity index (χ4v) is 3.52. The van der Waals surface area contributed by atoms with Crippen LogP contribution in [-0.4, -0.2) is 22.5 Å². The predicted octanol–water partition coefficient (Wildman–Crippen LogP) is 3.91. The number of thioether (sulfide) groups is 1. The van der Waals surface area contributed by atoms with E-state index in [4.69, 9.17) is 0 Å². The second-order valence-corrected chi connectivity index (χ2v) is 6.76. The molecule has 0 aliphatic carbocycles. The average Bonchev–Trinajstić information content (AvgIpc) is 2.88. The van der Waals surface area contributed by atoms with E-state index in [2.05, 4.69) is 0 Å². The highest BCUT2D eigenvalue weighted by molar-refractivity contribution is 8.04. The summed E-state index contributed by atoms with van der Waals surface area (Å²) in [5.74, 6) is -2.81. The fraction of sp³-hybridized carbons (Fsp3) is 0.111. The van der Waals surface area contributed by atoms with Gasteiger partial charge in [-0.1, -0.05) is 6.92 Å². The molecule has 0 fully saturated rings. The van der Waals surface area contributed by atoms with Crippen LogP contribution < -0.4 is 4.90 Å². The summed E-state index contributed by atoms with van der Waals surface area (Å²) < 4.78 is 27.7. The molecular formula is C18H12F2N2O4S. The molecule has 0 unspecified atom stereocenters. The number of rotatable bonds is 5. The highest BCUT2D eigenvalue weighted by Gasteiger charge is 2.41. The first-order chi connectivity index (χ1) is 12.8. The smallest absolute Gasteiger partial charge is 0.268 e. The van der Waals surface area contributed by atoms with Gasteiger partial charge in [-0.2, -0.15) is 0 Å². The first kappa shape index (κ1) is 18.7. The lowest BCUT2D eigenvalue weighted by Gasteiger charge is -2.16. The van der Waals surface area contributed by atoms with Crippen molar-refractivity contribution in [2.45, 2.75) is 6.92 Å². The normalized spacial score (nSPS) is 14.3. The van der Waals surface area contributed by atoms with Gasteiger partial charge in [0.2, 0.25) is 0 Å². The van der Waals surface area contributed by atoms with E-state index in [9.17, 15) is 28.5 Å². The van der Waals surface area contributed by atoms with Crippen LogP contribution in [0.5, 0.6) is 0 Å². The molecular weight excluding hydrogens is 378 g/mol. The van der Waals surface area contributed by atoms with Crippen LogP contribution in [0.25, 0.3) is 5.57 Å². The summed E-state index contributed by atoms with van der Waals surface area (Å²) in [6.07, 6.45) is 0. The summed E-state index contributed by atoms with van der Waals surface area (Å²) in [6.45, 7) is 1.77. The Labute approximate surface area is 156 Å². The van der Waals surface area contributed by atoms with Gasteiger partial charge in [0.1, 0.15) is 11.6 Å². The summed E-state index contributed by atoms with van der Waals surface area (Å²) in [5, 5.41) is 10.8. The third-order valence-corrected chi connectivity index (χ3v) is 4.80. The minimum atomic E-state index is -0.913. The van der Waals surface area contributed by atoms with Gasteiger partial charge in [0.05, 0.1) is 21.1 Å². The Morgan fingerprint density at radius 3 is 2.33 bits per heavy atom. The lowest BCUT2D eigenvalue weighted by Crippen LogP contribution is -2.32. The summed E-state index contributed by atoms with van der Waals surface area (Å²) in [7, 11) is 0. The number of nitrogens with zero attached hydrogens (tertiary/aromatic N) is 2. The molecule has 0 radical (unpaired) electrons. The van der Waals surface area contributed by atoms with Gasteiger partial charge in [-0.15, -0.1) is 11.8 Å². The minimum Gasteiger partial charge on any atom is -0.268 e. The maximum atomic E-state index is 14.1. The second kappa shape index (κ2) is 7.28. The van der Waals surface area contributed by atoms with Crippen molar-refractivity contribution in [2.75, 3.05) is 10.7 Å². The molecule has 0 spiro atoms. The zero-order valence-electron chi connectivity index (χ0n) is 13.9. The van der Waals surface area contributed by atoms with E-state index >= 15 is 0 Å². The van der Waals surface area contributed by atoms with Crippen molar-refractivity contribution in [3.63, 3.8) is 0 Å². The first-order valence-electron chi connectivity index (χ1n) is 7.81. The van der Waals surface area contributed by atoms with Crippen LogP contribution in [0.1, 0.15) is 12.5 Å². The van der Waals surface area contributed by atoms with E-state index < -0.39 is 34.1 Å². The van der Waals surface area contributed by atoms with Crippen molar-refractivity contribution in [2.24, 2.45) is 0 Å². The number of imide groups is 1. The number of amides is 2. The van der Waals surface area contributed by atoms with Gasteiger partial charge in [-0.05, 0) is 35.6 Å². The Morgan fingerprint density at radius 1 is 1.07 bits per heavy atom. The van der Waals surface area contributed by atoms with Crippen LogP contribution in [0, 0.1) is 21.7 Å². The molecule has 2 amide bonds. The van der Waals surface area contributed by atoms with Gasteiger partial charge in [0.25, 0.3) is 17.5 Å². The predicted molar refractivity (Wildman–Crippen MR) is 97.0 cm³/mol. The van der Waals surface area contributed by atoms with E-state index in [0.717, 1.165) is 30.0 Å². The molecule has 0 atom stereocenters. The van der Waals surface area contributed by atoms with Crippen LogP contribution in [0.3, 0.4) is 0 Å². The Bertz CT molecular complexity index is 989. The third-order valence-electron chi connectivity index (χ3n) is 3.85. The molecule has 0 bridgehead atoms. The van der Waals surface area contributed by atoms with Crippen LogP contribution in [-0.2, 0) is 9.59 Å². The van der Waals surface area contributed by atoms with Crippen LogP contribution in [0.15, 0.2) is 47.4 Å². The lowest BCUT2D eigenvalue weighted by atomic mass is 10.1. The molecule has 0 aromatic heterocycles. The molecule has 2 aromatic carbocycles. The molecule has 0 saturated carbocycles. The Kier molecular flexibility index (Phi) is 5.04. The highest BCUT2D eigenvalue weighted by Crippen LogP contribution is 2.39. The molecule has 1 aliphatic rings. The SMILES string of the molecule is CCSC1=C(c2ccc([N+](=O)[O-])cc2)C(=O)N(c2cc(F)ccc2F)C1=O. The van der Waals surface area contributed by atoms with Crippen molar-refractivity contribution in [1.82, 2.24) is 0 Å². The molecule has 2 aromatic rings. The second-order valence-electron chi connectivity index (χ2n) is 5.48. The Hall–Kier alpha value is -3.07. The maximum Gasteiger partial charge on any atom is 0.272 e. The Balaban J connectivity index is 2.10. The van der Waals surface area contributed by atoms with E-state index in [-0.39, 0.29) is 21.7 Å². The van der Waals surface area contributed by atoms with Crippen molar-refractivity contribution in [1.29, 1.82) is 0 Å². The number of non-ortho nitro benzene ring substituents is 1. The monoisotopic (exact) mass is 390 g/mol. The maximum absolute atomic E-state index is 14.1. The zero-order valence-corrected chi connectivity index (χ0v) is 14.8. The molecule has 1 heterocycles. The molecule has 27 heavy (non-hydrogen) atoms. The number of nitro benzene ring substituents is 1. The van der Waals surface area contributed by atoms with Crippen molar-refractivity contribution in [3.8, 4) is 0 Å². The van der Waals surface area contributed by atoms with Gasteiger partial charge < -0.3 is 0 Å². The molecule has 3 rings (SSSR count). The number of benzene rings is 2. The van der Waals surface area contributed by atoms with Crippen LogP contribution in [0.4, 0.5) is 20.2 Å². The van der Waals surface area contributed by atoms with Crippen molar-refractivity contribution in [3.05, 3.63) is 74.7 Å². The number of carbonyl (C=O) groups excluding carboxylic acids is 2. The standard InChI is InChI=1S/C18H12F2N2O4S/c1-2-27-16-15(10-3-6-12(7-4-10)22(25)26)17(23)21(18(16)24)14-9-11(19)5-8-13(14)20/h3-9H,2H2,1H3. The Morgan fingerprint density at radius 2 is 1.74 bits per heavy atom. The highest BCUT2D eigenvalue weighted by atomic mass is 32.2. The number of anilines is 1. The fourth-order valence-electron chi connectivity index (χ4n) is 2.67. The summed E-state index contributed by atoms with van der Waals surface area (Å²) in [6, 6.07) is 7.61. The molecule has 1 aliphatic heterocycles. The van der Waals surface area contributed by atoms with E-state index in [0.29, 0.717) is 10.7 Å². The molecule has 6 nitrogen and oxygen atoms in total. The van der Waals surface area contributed by atoms with Gasteiger partial charge in [0, 0.05) is 18.2 Å². The van der Waals surface area contributed by atoms with Crippen LogP contribution in [0.2, 0.25) is 0 Å². The summed E-state index contributed by atoms with van der Waals surface area (Å²) in [5.41, 5.74) is -0.357. The summed E-state index contributed by atoms with van der Waals surface area (Å²) >= 11 is 1.09. The largest absolute Gasteiger partial charge is 0.272 e. The first-order valence-corrected chi connectivity index (χ1v) is 8.79. The van der Waals surface area contributed by atoms with Gasteiger partial charge in [-0.25, -0.2) is 13.7 Å². The van der Waals surface area contributed by atoms with E-state index in [1.807, 2.05) is 0 Å². The van der Waals surface area contributed by atoms with E-state index in [1.54, 1.807) is 6.92 Å². The molecule has 0 saturated heterocycles. The van der Waals surface area contributed by atoms with Crippen molar-refractivity contribution < 1.29 is 23.3 Å². The van der Waals surface area contributed by atoms with Gasteiger partial charge in [-0.3, -0.25) is 19.7 Å². The molecule has 0 N–H and O–H groups in total.